The Morgan fingerprint density at radius 3 is 2.78 bits per heavy atom. The van der Waals surface area contributed by atoms with E-state index in [-0.39, 0.29) is 17.9 Å². The Kier molecular flexibility index (Phi) is 6.72. The van der Waals surface area contributed by atoms with Crippen LogP contribution in [0.2, 0.25) is 0 Å². The van der Waals surface area contributed by atoms with Gasteiger partial charge in [-0.2, -0.15) is 0 Å². The van der Waals surface area contributed by atoms with Crippen LogP contribution in [0.5, 0.6) is 0 Å². The number of carbonyl (C=O) groups is 2. The minimum Gasteiger partial charge on any atom is -0.464 e. The minimum absolute atomic E-state index is 0.0497. The van der Waals surface area contributed by atoms with Crippen molar-refractivity contribution in [1.29, 1.82) is 0 Å². The first-order valence-corrected chi connectivity index (χ1v) is 6.87. The monoisotopic (exact) mass is 256 g/mol. The number of ether oxygens (including phenoxy) is 1. The van der Waals surface area contributed by atoms with E-state index in [1.807, 2.05) is 6.92 Å². The zero-order chi connectivity index (χ0) is 13.4. The van der Waals surface area contributed by atoms with Crippen molar-refractivity contribution in [1.82, 2.24) is 10.2 Å². The van der Waals surface area contributed by atoms with Crippen molar-refractivity contribution in [2.24, 2.45) is 0 Å². The van der Waals surface area contributed by atoms with Crippen LogP contribution in [0, 0.1) is 0 Å². The number of nitrogens with zero attached hydrogens (tertiary/aromatic N) is 1. The predicted octanol–water partition coefficient (Wildman–Crippen LogP) is 0.930. The molecule has 0 radical (unpaired) electrons. The zero-order valence-electron chi connectivity index (χ0n) is 11.4. The van der Waals surface area contributed by atoms with Crippen molar-refractivity contribution in [2.75, 3.05) is 26.2 Å². The van der Waals surface area contributed by atoms with Gasteiger partial charge in [0.05, 0.1) is 6.61 Å². The fourth-order valence-corrected chi connectivity index (χ4v) is 2.23. The van der Waals surface area contributed by atoms with E-state index in [9.17, 15) is 9.59 Å². The molecule has 1 unspecified atom stereocenters. The van der Waals surface area contributed by atoms with Gasteiger partial charge < -0.3 is 15.0 Å². The van der Waals surface area contributed by atoms with Crippen molar-refractivity contribution < 1.29 is 14.3 Å². The number of amides is 1. The molecule has 1 heterocycles. The highest BCUT2D eigenvalue weighted by Gasteiger charge is 2.32. The summed E-state index contributed by atoms with van der Waals surface area (Å²) in [5.74, 6) is -0.206. The first kappa shape index (κ1) is 15.0. The summed E-state index contributed by atoms with van der Waals surface area (Å²) in [5, 5.41) is 3.12. The highest BCUT2D eigenvalue weighted by molar-refractivity contribution is 5.84. The maximum Gasteiger partial charge on any atom is 0.328 e. The molecule has 0 aromatic heterocycles. The molecule has 1 aliphatic rings. The highest BCUT2D eigenvalue weighted by Crippen LogP contribution is 2.19. The van der Waals surface area contributed by atoms with Crippen LogP contribution < -0.4 is 5.32 Å². The van der Waals surface area contributed by atoms with Crippen LogP contribution in [-0.2, 0) is 14.3 Å². The molecule has 1 atom stereocenters. The first-order valence-electron chi connectivity index (χ1n) is 6.87. The van der Waals surface area contributed by atoms with Gasteiger partial charge in [-0.05, 0) is 32.7 Å². The van der Waals surface area contributed by atoms with Gasteiger partial charge in [-0.15, -0.1) is 0 Å². The third-order valence-electron chi connectivity index (χ3n) is 3.15. The zero-order valence-corrected chi connectivity index (χ0v) is 11.4. The van der Waals surface area contributed by atoms with Gasteiger partial charge in [0.15, 0.2) is 0 Å². The lowest BCUT2D eigenvalue weighted by molar-refractivity contribution is -0.156. The SMILES string of the molecule is CCNCCC(=O)N1CCCCC1C(=O)OCC. The third kappa shape index (κ3) is 4.29. The van der Waals surface area contributed by atoms with Crippen LogP contribution in [0.25, 0.3) is 0 Å². The van der Waals surface area contributed by atoms with E-state index in [4.69, 9.17) is 4.74 Å². The molecule has 1 rings (SSSR count). The minimum atomic E-state index is -0.368. The topological polar surface area (TPSA) is 58.6 Å². The van der Waals surface area contributed by atoms with Gasteiger partial charge in [-0.25, -0.2) is 4.79 Å². The van der Waals surface area contributed by atoms with Crippen LogP contribution in [-0.4, -0.2) is 49.1 Å². The molecule has 1 aliphatic heterocycles. The van der Waals surface area contributed by atoms with Gasteiger partial charge in [0.2, 0.25) is 5.91 Å². The Labute approximate surface area is 109 Å². The highest BCUT2D eigenvalue weighted by atomic mass is 16.5. The van der Waals surface area contributed by atoms with E-state index in [1.54, 1.807) is 11.8 Å². The Hall–Kier alpha value is -1.10. The van der Waals surface area contributed by atoms with Crippen molar-refractivity contribution >= 4 is 11.9 Å². The van der Waals surface area contributed by atoms with E-state index in [0.717, 1.165) is 25.8 Å². The standard InChI is InChI=1S/C13H24N2O3/c1-3-14-9-8-12(16)15-10-6-5-7-11(15)13(17)18-4-2/h11,14H,3-10H2,1-2H3. The van der Waals surface area contributed by atoms with E-state index < -0.39 is 0 Å². The van der Waals surface area contributed by atoms with Crippen LogP contribution in [0.3, 0.4) is 0 Å². The summed E-state index contributed by atoms with van der Waals surface area (Å²) in [6.07, 6.45) is 3.14. The molecule has 1 amide bonds. The molecule has 1 saturated heterocycles. The molecule has 1 N–H and O–H groups in total. The summed E-state index contributed by atoms with van der Waals surface area (Å²) < 4.78 is 5.04. The van der Waals surface area contributed by atoms with E-state index in [1.165, 1.54) is 0 Å². The number of piperidine rings is 1. The van der Waals surface area contributed by atoms with E-state index >= 15 is 0 Å². The Balaban J connectivity index is 2.52. The van der Waals surface area contributed by atoms with Crippen LogP contribution in [0.1, 0.15) is 39.5 Å². The number of hydrogen-bond acceptors (Lipinski definition) is 4. The average Bonchev–Trinajstić information content (AvgIpc) is 2.39. The number of nitrogens with one attached hydrogen (secondary N) is 1. The smallest absolute Gasteiger partial charge is 0.328 e. The largest absolute Gasteiger partial charge is 0.464 e. The third-order valence-corrected chi connectivity index (χ3v) is 3.15. The summed E-state index contributed by atoms with van der Waals surface area (Å²) in [5.41, 5.74) is 0. The van der Waals surface area contributed by atoms with E-state index in [0.29, 0.717) is 26.1 Å². The fraction of sp³-hybridized carbons (Fsp3) is 0.846. The normalized spacial score (nSPS) is 19.7. The summed E-state index contributed by atoms with van der Waals surface area (Å²) >= 11 is 0. The number of rotatable bonds is 6. The second-order valence-electron chi connectivity index (χ2n) is 4.45. The lowest BCUT2D eigenvalue weighted by Crippen LogP contribution is -2.49. The maximum atomic E-state index is 12.1. The maximum absolute atomic E-state index is 12.1. The predicted molar refractivity (Wildman–Crippen MR) is 69.1 cm³/mol. The van der Waals surface area contributed by atoms with Gasteiger partial charge >= 0.3 is 5.97 Å². The molecule has 5 heteroatoms. The van der Waals surface area contributed by atoms with E-state index in [2.05, 4.69) is 5.32 Å². The van der Waals surface area contributed by atoms with Crippen molar-refractivity contribution in [3.8, 4) is 0 Å². The molecule has 104 valence electrons. The number of esters is 1. The Morgan fingerprint density at radius 1 is 1.33 bits per heavy atom. The van der Waals surface area contributed by atoms with Crippen molar-refractivity contribution in [3.05, 3.63) is 0 Å². The molecule has 18 heavy (non-hydrogen) atoms. The summed E-state index contributed by atoms with van der Waals surface area (Å²) in [7, 11) is 0. The molecule has 0 aromatic rings. The lowest BCUT2D eigenvalue weighted by atomic mass is 10.0. The Bertz CT molecular complexity index is 281. The molecule has 0 saturated carbocycles. The molecular formula is C13H24N2O3. The van der Waals surface area contributed by atoms with Gasteiger partial charge in [0.25, 0.3) is 0 Å². The van der Waals surface area contributed by atoms with Crippen LogP contribution in [0.4, 0.5) is 0 Å². The summed E-state index contributed by atoms with van der Waals surface area (Å²) in [6, 6.07) is -0.368. The summed E-state index contributed by atoms with van der Waals surface area (Å²) in [6.45, 7) is 6.37. The lowest BCUT2D eigenvalue weighted by Gasteiger charge is -2.34. The van der Waals surface area contributed by atoms with Gasteiger partial charge in [0, 0.05) is 19.5 Å². The molecule has 0 spiro atoms. The Morgan fingerprint density at radius 2 is 2.11 bits per heavy atom. The molecule has 1 fully saturated rings. The second-order valence-corrected chi connectivity index (χ2v) is 4.45. The van der Waals surface area contributed by atoms with Gasteiger partial charge in [-0.1, -0.05) is 6.92 Å². The molecule has 0 aliphatic carbocycles. The van der Waals surface area contributed by atoms with Crippen molar-refractivity contribution in [3.63, 3.8) is 0 Å². The molecule has 5 nitrogen and oxygen atoms in total. The van der Waals surface area contributed by atoms with Gasteiger partial charge in [0.1, 0.15) is 6.04 Å². The molecule has 0 bridgehead atoms. The van der Waals surface area contributed by atoms with Crippen molar-refractivity contribution in [2.45, 2.75) is 45.6 Å². The number of carbonyl (C=O) groups excluding carboxylic acids is 2. The second kappa shape index (κ2) is 8.08. The van der Waals surface area contributed by atoms with Crippen LogP contribution in [0.15, 0.2) is 0 Å². The summed E-state index contributed by atoms with van der Waals surface area (Å²) in [4.78, 5) is 25.6. The average molecular weight is 256 g/mol. The first-order chi connectivity index (χ1) is 8.70. The number of hydrogen-bond donors (Lipinski definition) is 1. The van der Waals surface area contributed by atoms with Gasteiger partial charge in [-0.3, -0.25) is 4.79 Å². The molecular weight excluding hydrogens is 232 g/mol. The fourth-order valence-electron chi connectivity index (χ4n) is 2.23. The quantitative estimate of drug-likeness (QED) is 0.567. The van der Waals surface area contributed by atoms with Crippen LogP contribution >= 0.6 is 0 Å². The molecule has 0 aromatic carbocycles. The number of likely N-dealkylation sites (tertiary alicyclic amines) is 1.